The number of urea groups is 1. The smallest absolute Gasteiger partial charge is 0.325 e. The molecule has 2 atom stereocenters. The lowest BCUT2D eigenvalue weighted by atomic mass is 9.78. The summed E-state index contributed by atoms with van der Waals surface area (Å²) < 4.78 is 5.22. The van der Waals surface area contributed by atoms with E-state index in [1.54, 1.807) is 7.11 Å². The number of rotatable bonds is 6. The number of methoxy groups -OCH3 is 1. The first-order valence-electron chi connectivity index (χ1n) is 11.1. The minimum Gasteiger partial charge on any atom is -0.497 e. The van der Waals surface area contributed by atoms with Crippen LogP contribution in [-0.2, 0) is 22.4 Å². The predicted octanol–water partition coefficient (Wildman–Crippen LogP) is 2.74. The fraction of sp³-hybridized carbons (Fsp3) is 0.400. The first kappa shape index (κ1) is 20.5. The van der Waals surface area contributed by atoms with Crippen molar-refractivity contribution in [1.29, 1.82) is 0 Å². The largest absolute Gasteiger partial charge is 0.497 e. The molecule has 2 N–H and O–H groups in total. The van der Waals surface area contributed by atoms with Gasteiger partial charge in [0.2, 0.25) is 5.91 Å². The van der Waals surface area contributed by atoms with Crippen LogP contribution in [0.15, 0.2) is 48.5 Å². The molecular weight excluding hydrogens is 406 g/mol. The van der Waals surface area contributed by atoms with Crippen molar-refractivity contribution in [3.05, 3.63) is 65.2 Å². The van der Waals surface area contributed by atoms with Gasteiger partial charge in [-0.15, -0.1) is 0 Å². The Hall–Kier alpha value is -3.35. The number of fused-ring (bicyclic) bond motifs is 1. The standard InChI is InChI=1S/C25H27N3O4/c1-32-20-10-8-18(9-11-20)22(17-6-7-17)26-21(29)15-28-23(30)25(27-24(28)31)13-12-16-4-2-3-5-19(16)14-25/h2-5,8-11,17,22H,6-7,12-15H2,1H3,(H,26,29)(H,27,31). The second-order valence-corrected chi connectivity index (χ2v) is 9.00. The molecule has 2 aliphatic carbocycles. The third kappa shape index (κ3) is 3.72. The number of carbonyl (C=O) groups is 3. The fourth-order valence-corrected chi connectivity index (χ4v) is 4.92. The minimum absolute atomic E-state index is 0.135. The zero-order valence-corrected chi connectivity index (χ0v) is 18.1. The van der Waals surface area contributed by atoms with Crippen LogP contribution < -0.4 is 15.4 Å². The molecule has 2 aromatic carbocycles. The van der Waals surface area contributed by atoms with E-state index in [-0.39, 0.29) is 24.4 Å². The van der Waals surface area contributed by atoms with Crippen LogP contribution in [-0.4, -0.2) is 41.9 Å². The maximum atomic E-state index is 13.3. The van der Waals surface area contributed by atoms with E-state index < -0.39 is 11.6 Å². The lowest BCUT2D eigenvalue weighted by molar-refractivity contribution is -0.135. The van der Waals surface area contributed by atoms with Gasteiger partial charge in [-0.2, -0.15) is 0 Å². The summed E-state index contributed by atoms with van der Waals surface area (Å²) in [5, 5.41) is 5.95. The molecule has 5 rings (SSSR count). The molecule has 2 aromatic rings. The van der Waals surface area contributed by atoms with Crippen LogP contribution in [0.4, 0.5) is 4.79 Å². The summed E-state index contributed by atoms with van der Waals surface area (Å²) in [6.45, 7) is -0.270. The van der Waals surface area contributed by atoms with E-state index in [0.717, 1.165) is 41.0 Å². The van der Waals surface area contributed by atoms with E-state index in [1.165, 1.54) is 5.56 Å². The van der Waals surface area contributed by atoms with Gasteiger partial charge >= 0.3 is 6.03 Å². The molecule has 0 radical (unpaired) electrons. The van der Waals surface area contributed by atoms with Crippen molar-refractivity contribution in [3.63, 3.8) is 0 Å². The lowest BCUT2D eigenvalue weighted by Gasteiger charge is -2.32. The maximum Gasteiger partial charge on any atom is 0.325 e. The first-order valence-corrected chi connectivity index (χ1v) is 11.1. The van der Waals surface area contributed by atoms with Gasteiger partial charge in [-0.3, -0.25) is 14.5 Å². The van der Waals surface area contributed by atoms with Crippen LogP contribution in [0.5, 0.6) is 5.75 Å². The van der Waals surface area contributed by atoms with Crippen molar-refractivity contribution in [1.82, 2.24) is 15.5 Å². The summed E-state index contributed by atoms with van der Waals surface area (Å²) in [6, 6.07) is 15.0. The number of hydrogen-bond donors (Lipinski definition) is 2. The Bertz CT molecular complexity index is 1060. The Morgan fingerprint density at radius 2 is 1.88 bits per heavy atom. The molecule has 1 saturated carbocycles. The van der Waals surface area contributed by atoms with Crippen LogP contribution in [0.2, 0.25) is 0 Å². The number of aryl methyl sites for hydroxylation is 1. The van der Waals surface area contributed by atoms with Crippen molar-refractivity contribution in [2.24, 2.45) is 5.92 Å². The quantitative estimate of drug-likeness (QED) is 0.686. The average molecular weight is 434 g/mol. The van der Waals surface area contributed by atoms with Crippen LogP contribution >= 0.6 is 0 Å². The molecule has 32 heavy (non-hydrogen) atoms. The zero-order chi connectivity index (χ0) is 22.3. The van der Waals surface area contributed by atoms with Crippen molar-refractivity contribution < 1.29 is 19.1 Å². The van der Waals surface area contributed by atoms with Gasteiger partial charge in [0, 0.05) is 6.42 Å². The van der Waals surface area contributed by atoms with Gasteiger partial charge in [0.1, 0.15) is 17.8 Å². The molecule has 7 heteroatoms. The molecule has 1 spiro atoms. The van der Waals surface area contributed by atoms with E-state index >= 15 is 0 Å². The lowest BCUT2D eigenvalue weighted by Crippen LogP contribution is -2.51. The number of nitrogens with one attached hydrogen (secondary N) is 2. The molecule has 1 heterocycles. The van der Waals surface area contributed by atoms with Crippen LogP contribution in [0.3, 0.4) is 0 Å². The molecule has 0 aromatic heterocycles. The third-order valence-electron chi connectivity index (χ3n) is 6.86. The number of benzene rings is 2. The number of imide groups is 1. The van der Waals surface area contributed by atoms with Gasteiger partial charge < -0.3 is 15.4 Å². The van der Waals surface area contributed by atoms with E-state index in [4.69, 9.17) is 4.74 Å². The van der Waals surface area contributed by atoms with Gasteiger partial charge in [0.15, 0.2) is 0 Å². The number of ether oxygens (including phenoxy) is 1. The zero-order valence-electron chi connectivity index (χ0n) is 18.1. The second-order valence-electron chi connectivity index (χ2n) is 9.00. The Morgan fingerprint density at radius 1 is 1.16 bits per heavy atom. The summed E-state index contributed by atoms with van der Waals surface area (Å²) in [5.41, 5.74) is 2.34. The highest BCUT2D eigenvalue weighted by atomic mass is 16.5. The number of nitrogens with zero attached hydrogens (tertiary/aromatic N) is 1. The van der Waals surface area contributed by atoms with Gasteiger partial charge in [0.25, 0.3) is 5.91 Å². The van der Waals surface area contributed by atoms with E-state index in [0.29, 0.717) is 18.8 Å². The SMILES string of the molecule is COc1ccc(C(NC(=O)CN2C(=O)NC3(CCc4ccccc4C3)C2=O)C2CC2)cc1. The maximum absolute atomic E-state index is 13.3. The summed E-state index contributed by atoms with van der Waals surface area (Å²) in [7, 11) is 1.62. The van der Waals surface area contributed by atoms with E-state index in [9.17, 15) is 14.4 Å². The number of carbonyl (C=O) groups excluding carboxylic acids is 3. The molecule has 1 aliphatic heterocycles. The Labute approximate surface area is 187 Å². The second kappa shape index (κ2) is 7.97. The molecule has 4 amide bonds. The Balaban J connectivity index is 1.28. The summed E-state index contributed by atoms with van der Waals surface area (Å²) >= 11 is 0. The monoisotopic (exact) mass is 433 g/mol. The Kier molecular flexibility index (Phi) is 5.12. The highest BCUT2D eigenvalue weighted by Gasteiger charge is 2.52. The van der Waals surface area contributed by atoms with Crippen LogP contribution in [0.25, 0.3) is 0 Å². The van der Waals surface area contributed by atoms with Crippen molar-refractivity contribution in [3.8, 4) is 5.75 Å². The van der Waals surface area contributed by atoms with E-state index in [1.807, 2.05) is 42.5 Å². The number of hydrogen-bond acceptors (Lipinski definition) is 4. The Morgan fingerprint density at radius 3 is 2.56 bits per heavy atom. The fourth-order valence-electron chi connectivity index (χ4n) is 4.92. The predicted molar refractivity (Wildman–Crippen MR) is 118 cm³/mol. The van der Waals surface area contributed by atoms with Gasteiger partial charge in [0.05, 0.1) is 13.2 Å². The van der Waals surface area contributed by atoms with E-state index in [2.05, 4.69) is 16.7 Å². The summed E-state index contributed by atoms with van der Waals surface area (Å²) in [4.78, 5) is 39.9. The van der Waals surface area contributed by atoms with Gasteiger partial charge in [-0.05, 0) is 60.4 Å². The summed E-state index contributed by atoms with van der Waals surface area (Å²) in [6.07, 6.45) is 3.82. The average Bonchev–Trinajstić information content (AvgIpc) is 3.63. The highest BCUT2D eigenvalue weighted by molar-refractivity contribution is 6.09. The van der Waals surface area contributed by atoms with Gasteiger partial charge in [-0.1, -0.05) is 36.4 Å². The van der Waals surface area contributed by atoms with Crippen molar-refractivity contribution in [2.75, 3.05) is 13.7 Å². The molecule has 7 nitrogen and oxygen atoms in total. The molecule has 3 aliphatic rings. The normalized spacial score (nSPS) is 23.0. The highest BCUT2D eigenvalue weighted by Crippen LogP contribution is 2.41. The molecule has 0 bridgehead atoms. The van der Waals surface area contributed by atoms with Gasteiger partial charge in [-0.25, -0.2) is 4.79 Å². The molecular formula is C25H27N3O4. The summed E-state index contributed by atoms with van der Waals surface area (Å²) in [5.74, 6) is 0.499. The van der Waals surface area contributed by atoms with Crippen molar-refractivity contribution >= 4 is 17.8 Å². The van der Waals surface area contributed by atoms with Crippen LogP contribution in [0.1, 0.15) is 42.0 Å². The molecule has 2 unspecified atom stereocenters. The van der Waals surface area contributed by atoms with Crippen molar-refractivity contribution in [2.45, 2.75) is 43.7 Å². The molecule has 166 valence electrons. The van der Waals surface area contributed by atoms with Crippen LogP contribution in [0, 0.1) is 5.92 Å². The number of amides is 4. The first-order chi connectivity index (χ1) is 15.5. The molecule has 2 fully saturated rings. The third-order valence-corrected chi connectivity index (χ3v) is 6.86. The topological polar surface area (TPSA) is 87.7 Å². The molecule has 1 saturated heterocycles. The minimum atomic E-state index is -0.947.